The number of esters is 2. The van der Waals surface area contributed by atoms with Crippen molar-refractivity contribution in [2.45, 2.75) is 82.3 Å². The molecule has 36 heavy (non-hydrogen) atoms. The third-order valence-electron chi connectivity index (χ3n) is 5.88. The zero-order valence-corrected chi connectivity index (χ0v) is 20.4. The summed E-state index contributed by atoms with van der Waals surface area (Å²) < 4.78 is 74.9. The van der Waals surface area contributed by atoms with Crippen LogP contribution in [-0.2, 0) is 28.5 Å². The van der Waals surface area contributed by atoms with Crippen LogP contribution >= 0.6 is 0 Å². The molecular formula is C25H34F4O7. The number of carbonyl (C=O) groups excluding carboxylic acids is 2. The minimum absolute atomic E-state index is 0.0569. The SMILES string of the molecule is CC(CO)(COC(=O)COC1CCC#CC(F)(F)CC1)COC(=O)COC1CC/C=C\C(F)(F)CC1. The molecule has 204 valence electrons. The van der Waals surface area contributed by atoms with E-state index in [1.54, 1.807) is 0 Å². The summed E-state index contributed by atoms with van der Waals surface area (Å²) in [5.41, 5.74) is -1.10. The lowest BCUT2D eigenvalue weighted by atomic mass is 9.94. The molecule has 0 heterocycles. The predicted molar refractivity (Wildman–Crippen MR) is 120 cm³/mol. The van der Waals surface area contributed by atoms with Crippen molar-refractivity contribution in [3.8, 4) is 11.8 Å². The Kier molecular flexibility index (Phi) is 11.7. The lowest BCUT2D eigenvalue weighted by Gasteiger charge is -2.27. The molecule has 0 fully saturated rings. The van der Waals surface area contributed by atoms with Gasteiger partial charge < -0.3 is 24.1 Å². The van der Waals surface area contributed by atoms with Gasteiger partial charge in [-0.3, -0.25) is 0 Å². The molecule has 0 aliphatic heterocycles. The Morgan fingerprint density at radius 2 is 1.56 bits per heavy atom. The van der Waals surface area contributed by atoms with Crippen molar-refractivity contribution in [1.82, 2.24) is 0 Å². The summed E-state index contributed by atoms with van der Waals surface area (Å²) in [4.78, 5) is 24.1. The van der Waals surface area contributed by atoms with Gasteiger partial charge in [0.15, 0.2) is 0 Å². The fourth-order valence-electron chi connectivity index (χ4n) is 3.52. The zero-order valence-electron chi connectivity index (χ0n) is 20.4. The van der Waals surface area contributed by atoms with Gasteiger partial charge in [-0.2, -0.15) is 8.78 Å². The summed E-state index contributed by atoms with van der Waals surface area (Å²) in [6.45, 7) is -0.363. The van der Waals surface area contributed by atoms with E-state index in [0.29, 0.717) is 19.3 Å². The standard InChI is InChI=1S/C25H34F4O7/c1-23(16-30,17-35-21(31)14-33-19-6-2-4-10-24(26,27)12-8-19)18-36-22(32)15-34-20-7-3-5-11-25(28,29)13-9-20/h4,10,19-20,30H,2-3,6-9,12-18H2,1H3/b10-4-. The molecule has 7 nitrogen and oxygen atoms in total. The molecule has 0 aromatic heterocycles. The Morgan fingerprint density at radius 1 is 0.972 bits per heavy atom. The van der Waals surface area contributed by atoms with Crippen LogP contribution in [0.3, 0.4) is 0 Å². The maximum absolute atomic E-state index is 13.5. The highest BCUT2D eigenvalue weighted by molar-refractivity contribution is 5.71. The molecule has 3 atom stereocenters. The molecule has 0 radical (unpaired) electrons. The third kappa shape index (κ3) is 11.7. The summed E-state index contributed by atoms with van der Waals surface area (Å²) in [5, 5.41) is 9.69. The van der Waals surface area contributed by atoms with Gasteiger partial charge in [-0.25, -0.2) is 18.4 Å². The monoisotopic (exact) mass is 522 g/mol. The number of alkyl halides is 4. The highest BCUT2D eigenvalue weighted by Gasteiger charge is 2.31. The average Bonchev–Trinajstić information content (AvgIpc) is 2.81. The molecule has 0 aromatic rings. The van der Waals surface area contributed by atoms with Crippen LogP contribution in [0.5, 0.6) is 0 Å². The fourth-order valence-corrected chi connectivity index (χ4v) is 3.52. The van der Waals surface area contributed by atoms with E-state index >= 15 is 0 Å². The van der Waals surface area contributed by atoms with Crippen molar-refractivity contribution in [3.05, 3.63) is 12.2 Å². The van der Waals surface area contributed by atoms with E-state index in [9.17, 15) is 32.3 Å². The molecule has 2 aliphatic carbocycles. The summed E-state index contributed by atoms with van der Waals surface area (Å²) in [5.74, 6) is -3.15. The maximum Gasteiger partial charge on any atom is 0.332 e. The number of allylic oxidation sites excluding steroid dienone is 2. The van der Waals surface area contributed by atoms with Crippen LogP contribution in [0, 0.1) is 17.3 Å². The molecule has 2 rings (SSSR count). The summed E-state index contributed by atoms with van der Waals surface area (Å²) in [6, 6.07) is 0. The molecule has 1 N–H and O–H groups in total. The number of aliphatic hydroxyl groups excluding tert-OH is 1. The first kappa shape index (κ1) is 30.1. The molecule has 2 aliphatic rings. The molecule has 0 aromatic carbocycles. The first-order valence-corrected chi connectivity index (χ1v) is 12.0. The molecule has 0 saturated heterocycles. The maximum atomic E-state index is 13.5. The fraction of sp³-hybridized carbons (Fsp3) is 0.760. The zero-order chi connectivity index (χ0) is 26.7. The molecule has 0 saturated carbocycles. The quantitative estimate of drug-likeness (QED) is 0.191. The van der Waals surface area contributed by atoms with Crippen molar-refractivity contribution in [2.24, 2.45) is 5.41 Å². The first-order chi connectivity index (χ1) is 16.9. The average molecular weight is 523 g/mol. The van der Waals surface area contributed by atoms with Gasteiger partial charge in [0.2, 0.25) is 0 Å². The van der Waals surface area contributed by atoms with Crippen molar-refractivity contribution < 1.29 is 51.2 Å². The van der Waals surface area contributed by atoms with Crippen LogP contribution in [0.25, 0.3) is 0 Å². The topological polar surface area (TPSA) is 91.3 Å². The van der Waals surface area contributed by atoms with Gasteiger partial charge in [0.05, 0.1) is 24.2 Å². The molecular weight excluding hydrogens is 488 g/mol. The van der Waals surface area contributed by atoms with Gasteiger partial charge in [-0.1, -0.05) is 18.9 Å². The van der Waals surface area contributed by atoms with Crippen LogP contribution in [0.1, 0.15) is 58.3 Å². The highest BCUT2D eigenvalue weighted by Crippen LogP contribution is 2.28. The highest BCUT2D eigenvalue weighted by atomic mass is 19.3. The Labute approximate surface area is 208 Å². The van der Waals surface area contributed by atoms with Crippen LogP contribution in [0.15, 0.2) is 12.2 Å². The summed E-state index contributed by atoms with van der Waals surface area (Å²) >= 11 is 0. The Hall–Kier alpha value is -2.16. The van der Waals surface area contributed by atoms with Crippen LogP contribution in [0.4, 0.5) is 17.6 Å². The Bertz CT molecular complexity index is 821. The van der Waals surface area contributed by atoms with Gasteiger partial charge in [0.1, 0.15) is 26.4 Å². The summed E-state index contributed by atoms with van der Waals surface area (Å²) in [6.07, 6.45) is 2.13. The Morgan fingerprint density at radius 3 is 2.17 bits per heavy atom. The second-order valence-electron chi connectivity index (χ2n) is 9.52. The van der Waals surface area contributed by atoms with Crippen LogP contribution in [0.2, 0.25) is 0 Å². The number of hydrogen-bond donors (Lipinski definition) is 1. The smallest absolute Gasteiger partial charge is 0.332 e. The van der Waals surface area contributed by atoms with E-state index in [2.05, 4.69) is 5.92 Å². The number of ether oxygens (including phenoxy) is 4. The van der Waals surface area contributed by atoms with Crippen molar-refractivity contribution >= 4 is 11.9 Å². The molecule has 0 bridgehead atoms. The molecule has 3 unspecified atom stereocenters. The summed E-state index contributed by atoms with van der Waals surface area (Å²) in [7, 11) is 0. The number of aliphatic hydroxyl groups is 1. The van der Waals surface area contributed by atoms with Crippen molar-refractivity contribution in [3.63, 3.8) is 0 Å². The van der Waals surface area contributed by atoms with Crippen molar-refractivity contribution in [1.29, 1.82) is 0 Å². The predicted octanol–water partition coefficient (Wildman–Crippen LogP) is 3.82. The third-order valence-corrected chi connectivity index (χ3v) is 5.88. The molecule has 0 amide bonds. The van der Waals surface area contributed by atoms with Gasteiger partial charge in [-0.05, 0) is 44.1 Å². The van der Waals surface area contributed by atoms with Gasteiger partial charge in [0, 0.05) is 19.3 Å². The van der Waals surface area contributed by atoms with E-state index in [-0.39, 0.29) is 38.9 Å². The lowest BCUT2D eigenvalue weighted by Crippen LogP contribution is -2.36. The minimum atomic E-state index is -3.07. The minimum Gasteiger partial charge on any atom is -0.463 e. The van der Waals surface area contributed by atoms with Crippen LogP contribution in [-0.4, -0.2) is 74.1 Å². The largest absolute Gasteiger partial charge is 0.463 e. The number of halogens is 4. The van der Waals surface area contributed by atoms with Gasteiger partial charge in [0.25, 0.3) is 5.92 Å². The second-order valence-corrected chi connectivity index (χ2v) is 9.52. The number of rotatable bonds is 11. The Balaban J connectivity index is 1.68. The second kappa shape index (κ2) is 14.0. The number of carbonyl (C=O) groups is 2. The molecule has 11 heteroatoms. The molecule has 0 spiro atoms. The van der Waals surface area contributed by atoms with E-state index in [4.69, 9.17) is 18.9 Å². The first-order valence-electron chi connectivity index (χ1n) is 12.0. The lowest BCUT2D eigenvalue weighted by molar-refractivity contribution is -0.163. The van der Waals surface area contributed by atoms with E-state index in [0.717, 1.165) is 6.08 Å². The van der Waals surface area contributed by atoms with Crippen molar-refractivity contribution in [2.75, 3.05) is 33.0 Å². The van der Waals surface area contributed by atoms with E-state index in [1.807, 2.05) is 5.92 Å². The van der Waals surface area contributed by atoms with E-state index < -0.39 is 67.6 Å². The van der Waals surface area contributed by atoms with Gasteiger partial charge in [-0.15, -0.1) is 0 Å². The van der Waals surface area contributed by atoms with E-state index in [1.165, 1.54) is 13.0 Å². The van der Waals surface area contributed by atoms with Crippen LogP contribution < -0.4 is 0 Å². The number of hydrogen-bond acceptors (Lipinski definition) is 7. The normalized spacial score (nSPS) is 25.9. The van der Waals surface area contributed by atoms with Gasteiger partial charge >= 0.3 is 17.9 Å².